The molecule has 0 aromatic heterocycles. The third kappa shape index (κ3) is 4.91. The molecule has 5 nitrogen and oxygen atoms in total. The zero-order valence-electron chi connectivity index (χ0n) is 17.4. The maximum absolute atomic E-state index is 13.6. The van der Waals surface area contributed by atoms with E-state index < -0.39 is 5.41 Å². The molecular weight excluding hydrogens is 419 g/mol. The monoisotopic (exact) mass is 444 g/mol. The van der Waals surface area contributed by atoms with Crippen LogP contribution in [0.1, 0.15) is 28.8 Å². The number of ether oxygens (including phenoxy) is 1. The summed E-state index contributed by atoms with van der Waals surface area (Å²) in [4.78, 5) is 30.0. The van der Waals surface area contributed by atoms with Gasteiger partial charge in [-0.05, 0) is 61.2 Å². The Morgan fingerprint density at radius 3 is 2.48 bits per heavy atom. The molecule has 2 aromatic carbocycles. The molecule has 0 saturated carbocycles. The SMILES string of the molecule is O=C(c1ccc(F)cc1)N1CCCN(C(=O)C2(Cc3cccc(Cl)c3)CCOC2)CC1. The molecule has 2 saturated heterocycles. The molecule has 2 fully saturated rings. The van der Waals surface area contributed by atoms with Crippen LogP contribution in [0.3, 0.4) is 0 Å². The van der Waals surface area contributed by atoms with Gasteiger partial charge >= 0.3 is 0 Å². The van der Waals surface area contributed by atoms with Crippen LogP contribution in [0.5, 0.6) is 0 Å². The molecule has 164 valence electrons. The van der Waals surface area contributed by atoms with E-state index in [1.54, 1.807) is 4.90 Å². The van der Waals surface area contributed by atoms with Crippen LogP contribution in [0.25, 0.3) is 0 Å². The maximum atomic E-state index is 13.6. The molecule has 7 heteroatoms. The van der Waals surface area contributed by atoms with Crippen molar-refractivity contribution < 1.29 is 18.7 Å². The topological polar surface area (TPSA) is 49.9 Å². The van der Waals surface area contributed by atoms with Gasteiger partial charge in [0.15, 0.2) is 0 Å². The number of benzene rings is 2. The van der Waals surface area contributed by atoms with Crippen LogP contribution in [-0.2, 0) is 16.0 Å². The lowest BCUT2D eigenvalue weighted by Gasteiger charge is -2.33. The second-order valence-electron chi connectivity index (χ2n) is 8.33. The summed E-state index contributed by atoms with van der Waals surface area (Å²) in [6.07, 6.45) is 1.96. The second kappa shape index (κ2) is 9.37. The molecule has 2 amide bonds. The molecule has 0 N–H and O–H groups in total. The zero-order valence-corrected chi connectivity index (χ0v) is 18.1. The Hall–Kier alpha value is -2.44. The Labute approximate surface area is 186 Å². The Bertz CT molecular complexity index is 944. The lowest BCUT2D eigenvalue weighted by atomic mass is 9.79. The van der Waals surface area contributed by atoms with Gasteiger partial charge in [-0.15, -0.1) is 0 Å². The van der Waals surface area contributed by atoms with E-state index in [1.807, 2.05) is 29.2 Å². The van der Waals surface area contributed by atoms with E-state index in [1.165, 1.54) is 24.3 Å². The first-order valence-corrected chi connectivity index (χ1v) is 11.0. The van der Waals surface area contributed by atoms with Gasteiger partial charge in [0.1, 0.15) is 5.82 Å². The van der Waals surface area contributed by atoms with Crippen molar-refractivity contribution in [2.24, 2.45) is 5.41 Å². The molecule has 1 unspecified atom stereocenters. The molecule has 2 aromatic rings. The van der Waals surface area contributed by atoms with E-state index in [9.17, 15) is 14.0 Å². The van der Waals surface area contributed by atoms with Gasteiger partial charge in [-0.2, -0.15) is 0 Å². The Morgan fingerprint density at radius 2 is 1.77 bits per heavy atom. The summed E-state index contributed by atoms with van der Waals surface area (Å²) in [5.74, 6) is -0.416. The fourth-order valence-electron chi connectivity index (χ4n) is 4.46. The van der Waals surface area contributed by atoms with Crippen LogP contribution in [0.4, 0.5) is 4.39 Å². The Morgan fingerprint density at radius 1 is 1.03 bits per heavy atom. The van der Waals surface area contributed by atoms with E-state index in [0.717, 1.165) is 5.56 Å². The number of hydrogen-bond acceptors (Lipinski definition) is 3. The number of carbonyl (C=O) groups is 2. The third-order valence-electron chi connectivity index (χ3n) is 6.15. The standard InChI is InChI=1S/C24H26ClFN2O3/c25-20-4-1-3-18(15-20)16-24(9-14-31-17-24)23(30)28-11-2-10-27(12-13-28)22(29)19-5-7-21(26)8-6-19/h1,3-8,15H,2,9-14,16-17H2. The van der Waals surface area contributed by atoms with Crippen LogP contribution >= 0.6 is 11.6 Å². The summed E-state index contributed by atoms with van der Waals surface area (Å²) >= 11 is 6.15. The van der Waals surface area contributed by atoms with E-state index in [0.29, 0.717) is 69.2 Å². The fraction of sp³-hybridized carbons (Fsp3) is 0.417. The van der Waals surface area contributed by atoms with Crippen LogP contribution in [0, 0.1) is 11.2 Å². The highest BCUT2D eigenvalue weighted by Crippen LogP contribution is 2.35. The highest BCUT2D eigenvalue weighted by molar-refractivity contribution is 6.30. The van der Waals surface area contributed by atoms with Crippen LogP contribution < -0.4 is 0 Å². The average Bonchev–Trinajstić information content (AvgIpc) is 3.10. The highest BCUT2D eigenvalue weighted by Gasteiger charge is 2.45. The lowest BCUT2D eigenvalue weighted by molar-refractivity contribution is -0.142. The van der Waals surface area contributed by atoms with Gasteiger partial charge in [-0.1, -0.05) is 23.7 Å². The van der Waals surface area contributed by atoms with Gasteiger partial charge in [0, 0.05) is 43.4 Å². The number of rotatable bonds is 4. The average molecular weight is 445 g/mol. The normalized spacial score (nSPS) is 21.7. The molecule has 4 rings (SSSR count). The Balaban J connectivity index is 1.45. The van der Waals surface area contributed by atoms with Gasteiger partial charge in [-0.25, -0.2) is 4.39 Å². The summed E-state index contributed by atoms with van der Waals surface area (Å²) in [6, 6.07) is 13.2. The quantitative estimate of drug-likeness (QED) is 0.720. The van der Waals surface area contributed by atoms with E-state index in [-0.39, 0.29) is 17.6 Å². The number of halogens is 2. The minimum Gasteiger partial charge on any atom is -0.380 e. The van der Waals surface area contributed by atoms with Gasteiger partial charge in [0.05, 0.1) is 12.0 Å². The number of amides is 2. The smallest absolute Gasteiger partial charge is 0.253 e. The number of nitrogens with zero attached hydrogens (tertiary/aromatic N) is 2. The fourth-order valence-corrected chi connectivity index (χ4v) is 4.68. The molecule has 0 aliphatic carbocycles. The third-order valence-corrected chi connectivity index (χ3v) is 6.39. The van der Waals surface area contributed by atoms with E-state index >= 15 is 0 Å². The minimum atomic E-state index is -0.596. The first-order chi connectivity index (χ1) is 15.0. The summed E-state index contributed by atoms with van der Waals surface area (Å²) in [6.45, 7) is 3.06. The van der Waals surface area contributed by atoms with Crippen molar-refractivity contribution in [1.29, 1.82) is 0 Å². The van der Waals surface area contributed by atoms with Crippen molar-refractivity contribution in [2.45, 2.75) is 19.3 Å². The summed E-state index contributed by atoms with van der Waals surface area (Å²) in [7, 11) is 0. The molecule has 0 spiro atoms. The van der Waals surface area contributed by atoms with Crippen molar-refractivity contribution in [3.05, 3.63) is 70.5 Å². The summed E-state index contributed by atoms with van der Waals surface area (Å²) < 4.78 is 18.8. The van der Waals surface area contributed by atoms with Crippen LogP contribution in [-0.4, -0.2) is 61.0 Å². The largest absolute Gasteiger partial charge is 0.380 e. The van der Waals surface area contributed by atoms with Gasteiger partial charge in [0.25, 0.3) is 5.91 Å². The van der Waals surface area contributed by atoms with Crippen molar-refractivity contribution in [1.82, 2.24) is 9.80 Å². The van der Waals surface area contributed by atoms with Crippen molar-refractivity contribution in [3.8, 4) is 0 Å². The summed E-state index contributed by atoms with van der Waals surface area (Å²) in [5.41, 5.74) is 0.887. The summed E-state index contributed by atoms with van der Waals surface area (Å²) in [5, 5.41) is 0.656. The molecule has 31 heavy (non-hydrogen) atoms. The van der Waals surface area contributed by atoms with Crippen molar-refractivity contribution in [2.75, 3.05) is 39.4 Å². The maximum Gasteiger partial charge on any atom is 0.253 e. The van der Waals surface area contributed by atoms with Gasteiger partial charge < -0.3 is 14.5 Å². The Kier molecular flexibility index (Phi) is 6.58. The highest BCUT2D eigenvalue weighted by atomic mass is 35.5. The molecule has 2 heterocycles. The molecule has 2 aliphatic rings. The van der Waals surface area contributed by atoms with Gasteiger partial charge in [0.2, 0.25) is 5.91 Å². The first-order valence-electron chi connectivity index (χ1n) is 10.6. The van der Waals surface area contributed by atoms with Gasteiger partial charge in [-0.3, -0.25) is 9.59 Å². The van der Waals surface area contributed by atoms with Crippen LogP contribution in [0.2, 0.25) is 5.02 Å². The molecule has 0 radical (unpaired) electrons. The zero-order chi connectivity index (χ0) is 21.8. The predicted molar refractivity (Wildman–Crippen MR) is 117 cm³/mol. The van der Waals surface area contributed by atoms with Crippen LogP contribution in [0.15, 0.2) is 48.5 Å². The lowest BCUT2D eigenvalue weighted by Crippen LogP contribution is -2.47. The van der Waals surface area contributed by atoms with Crippen molar-refractivity contribution in [3.63, 3.8) is 0 Å². The minimum absolute atomic E-state index is 0.0843. The molecular formula is C24H26ClFN2O3. The predicted octanol–water partition coefficient (Wildman–Crippen LogP) is 3.80. The number of carbonyl (C=O) groups excluding carboxylic acids is 2. The van der Waals surface area contributed by atoms with E-state index in [2.05, 4.69) is 0 Å². The molecule has 1 atom stereocenters. The first kappa shape index (κ1) is 21.8. The molecule has 0 bridgehead atoms. The van der Waals surface area contributed by atoms with Crippen molar-refractivity contribution >= 4 is 23.4 Å². The number of hydrogen-bond donors (Lipinski definition) is 0. The second-order valence-corrected chi connectivity index (χ2v) is 8.77. The van der Waals surface area contributed by atoms with E-state index in [4.69, 9.17) is 16.3 Å². The molecule has 2 aliphatic heterocycles.